The van der Waals surface area contributed by atoms with Crippen LogP contribution in [0.2, 0.25) is 0 Å². The molecule has 0 radical (unpaired) electrons. The number of nitrogens with zero attached hydrogens (tertiary/aromatic N) is 3. The molecule has 23 heavy (non-hydrogen) atoms. The van der Waals surface area contributed by atoms with Gasteiger partial charge in [0.05, 0.1) is 11.7 Å². The van der Waals surface area contributed by atoms with E-state index in [0.29, 0.717) is 23.5 Å². The third-order valence-electron chi connectivity index (χ3n) is 4.38. The smallest absolute Gasteiger partial charge is 0.248 e. The van der Waals surface area contributed by atoms with E-state index in [-0.39, 0.29) is 0 Å². The van der Waals surface area contributed by atoms with Crippen LogP contribution in [0.15, 0.2) is 36.5 Å². The van der Waals surface area contributed by atoms with Gasteiger partial charge < -0.3 is 5.73 Å². The number of nitrogens with two attached hydrogens (primary N) is 1. The van der Waals surface area contributed by atoms with Gasteiger partial charge in [-0.3, -0.25) is 9.69 Å². The fourth-order valence-corrected chi connectivity index (χ4v) is 3.23. The van der Waals surface area contributed by atoms with Crippen molar-refractivity contribution in [1.29, 1.82) is 0 Å². The van der Waals surface area contributed by atoms with Crippen LogP contribution in [0.3, 0.4) is 0 Å². The first kappa shape index (κ1) is 15.6. The molecule has 0 saturated carbocycles. The molecule has 1 aromatic heterocycles. The molecule has 0 aliphatic carbocycles. The molecule has 0 bridgehead atoms. The van der Waals surface area contributed by atoms with Gasteiger partial charge in [-0.2, -0.15) is 0 Å². The maximum atomic E-state index is 11.4. The van der Waals surface area contributed by atoms with E-state index in [4.69, 9.17) is 10.7 Å². The highest BCUT2D eigenvalue weighted by Gasteiger charge is 2.29. The molecule has 1 atom stereocenters. The summed E-state index contributed by atoms with van der Waals surface area (Å²) >= 11 is 0. The molecular formula is C18H22N4O. The van der Waals surface area contributed by atoms with Crippen LogP contribution in [-0.2, 0) is 0 Å². The molecule has 2 heterocycles. The number of carbonyl (C=O) groups excluding carboxylic acids is 1. The van der Waals surface area contributed by atoms with Crippen molar-refractivity contribution in [1.82, 2.24) is 14.9 Å². The number of hydrogen-bond donors (Lipinski definition) is 1. The summed E-state index contributed by atoms with van der Waals surface area (Å²) in [6, 6.07) is 9.99. The van der Waals surface area contributed by atoms with Gasteiger partial charge in [0.2, 0.25) is 5.91 Å². The standard InChI is InChI=1S/C18H22N4O/c1-12(2)22-10-4-7-16(22)15-8-9-20-18(21-15)14-6-3-5-13(11-14)17(19)23/h3,5-6,8-9,11-12,16H,4,7,10H2,1-2H3,(H2,19,23). The molecule has 1 unspecified atom stereocenters. The Labute approximate surface area is 136 Å². The molecule has 1 fully saturated rings. The van der Waals surface area contributed by atoms with Gasteiger partial charge in [0.25, 0.3) is 0 Å². The summed E-state index contributed by atoms with van der Waals surface area (Å²) < 4.78 is 0. The van der Waals surface area contributed by atoms with Crippen LogP contribution in [0.25, 0.3) is 11.4 Å². The van der Waals surface area contributed by atoms with Crippen molar-refractivity contribution >= 4 is 5.91 Å². The zero-order chi connectivity index (χ0) is 16.4. The number of primary amides is 1. The summed E-state index contributed by atoms with van der Waals surface area (Å²) in [5.74, 6) is 0.200. The van der Waals surface area contributed by atoms with E-state index in [1.54, 1.807) is 24.4 Å². The predicted molar refractivity (Wildman–Crippen MR) is 89.8 cm³/mol. The average molecular weight is 310 g/mol. The minimum absolute atomic E-state index is 0.344. The Bertz CT molecular complexity index is 714. The minimum atomic E-state index is -0.440. The molecular weight excluding hydrogens is 288 g/mol. The molecule has 3 rings (SSSR count). The number of amides is 1. The summed E-state index contributed by atoms with van der Waals surface area (Å²) in [6.45, 7) is 5.55. The SMILES string of the molecule is CC(C)N1CCCC1c1ccnc(-c2cccc(C(N)=O)c2)n1. The van der Waals surface area contributed by atoms with Gasteiger partial charge in [-0.1, -0.05) is 12.1 Å². The van der Waals surface area contributed by atoms with Crippen molar-refractivity contribution < 1.29 is 4.79 Å². The number of hydrogen-bond acceptors (Lipinski definition) is 4. The fraction of sp³-hybridized carbons (Fsp3) is 0.389. The Morgan fingerprint density at radius 1 is 1.35 bits per heavy atom. The highest BCUT2D eigenvalue weighted by Crippen LogP contribution is 2.33. The third-order valence-corrected chi connectivity index (χ3v) is 4.38. The van der Waals surface area contributed by atoms with Gasteiger partial charge in [-0.15, -0.1) is 0 Å². The van der Waals surface area contributed by atoms with Crippen LogP contribution >= 0.6 is 0 Å². The van der Waals surface area contributed by atoms with Crippen molar-refractivity contribution in [3.05, 3.63) is 47.8 Å². The fourth-order valence-electron chi connectivity index (χ4n) is 3.23. The average Bonchev–Trinajstić information content (AvgIpc) is 3.05. The molecule has 2 N–H and O–H groups in total. The highest BCUT2D eigenvalue weighted by molar-refractivity contribution is 5.93. The Balaban J connectivity index is 1.94. The molecule has 1 aliphatic heterocycles. The second-order valence-electron chi connectivity index (χ2n) is 6.24. The van der Waals surface area contributed by atoms with Crippen LogP contribution in [-0.4, -0.2) is 33.4 Å². The van der Waals surface area contributed by atoms with Gasteiger partial charge in [-0.25, -0.2) is 9.97 Å². The second-order valence-corrected chi connectivity index (χ2v) is 6.24. The Morgan fingerprint density at radius 2 is 2.17 bits per heavy atom. The van der Waals surface area contributed by atoms with Crippen molar-refractivity contribution in [2.45, 2.75) is 38.8 Å². The first-order chi connectivity index (χ1) is 11.1. The summed E-state index contributed by atoms with van der Waals surface area (Å²) in [5, 5.41) is 0. The molecule has 1 aromatic carbocycles. The van der Waals surface area contributed by atoms with E-state index in [2.05, 4.69) is 23.7 Å². The molecule has 1 aliphatic rings. The summed E-state index contributed by atoms with van der Waals surface area (Å²) in [5.41, 5.74) is 7.69. The summed E-state index contributed by atoms with van der Waals surface area (Å²) in [4.78, 5) is 23.0. The van der Waals surface area contributed by atoms with Gasteiger partial charge in [0.15, 0.2) is 5.82 Å². The molecule has 1 amide bonds. The van der Waals surface area contributed by atoms with Gasteiger partial charge >= 0.3 is 0 Å². The lowest BCUT2D eigenvalue weighted by molar-refractivity contribution is 0.100. The summed E-state index contributed by atoms with van der Waals surface area (Å²) in [7, 11) is 0. The van der Waals surface area contributed by atoms with E-state index < -0.39 is 5.91 Å². The van der Waals surface area contributed by atoms with Crippen molar-refractivity contribution in [2.24, 2.45) is 5.73 Å². The van der Waals surface area contributed by atoms with Crippen molar-refractivity contribution in [2.75, 3.05) is 6.54 Å². The van der Waals surface area contributed by atoms with Crippen molar-refractivity contribution in [3.63, 3.8) is 0 Å². The lowest BCUT2D eigenvalue weighted by atomic mass is 10.1. The van der Waals surface area contributed by atoms with Crippen LogP contribution in [0.1, 0.15) is 48.8 Å². The Hall–Kier alpha value is -2.27. The number of benzene rings is 1. The maximum Gasteiger partial charge on any atom is 0.248 e. The quantitative estimate of drug-likeness (QED) is 0.942. The zero-order valence-electron chi connectivity index (χ0n) is 13.6. The number of aromatic nitrogens is 2. The van der Waals surface area contributed by atoms with Crippen LogP contribution in [0.5, 0.6) is 0 Å². The summed E-state index contributed by atoms with van der Waals surface area (Å²) in [6.07, 6.45) is 4.11. The van der Waals surface area contributed by atoms with E-state index in [1.165, 1.54) is 6.42 Å². The van der Waals surface area contributed by atoms with E-state index in [9.17, 15) is 4.79 Å². The predicted octanol–water partition coefficient (Wildman–Crippen LogP) is 2.79. The number of carbonyl (C=O) groups is 1. The minimum Gasteiger partial charge on any atom is -0.366 e. The van der Waals surface area contributed by atoms with Crippen LogP contribution in [0, 0.1) is 0 Å². The largest absolute Gasteiger partial charge is 0.366 e. The van der Waals surface area contributed by atoms with E-state index in [0.717, 1.165) is 24.2 Å². The molecule has 0 spiro atoms. The highest BCUT2D eigenvalue weighted by atomic mass is 16.1. The topological polar surface area (TPSA) is 72.1 Å². The molecule has 5 heteroatoms. The van der Waals surface area contributed by atoms with Gasteiger partial charge in [0, 0.05) is 23.4 Å². The van der Waals surface area contributed by atoms with Crippen molar-refractivity contribution in [3.8, 4) is 11.4 Å². The first-order valence-electron chi connectivity index (χ1n) is 8.05. The molecule has 2 aromatic rings. The molecule has 1 saturated heterocycles. The van der Waals surface area contributed by atoms with E-state index >= 15 is 0 Å². The second kappa shape index (κ2) is 6.46. The van der Waals surface area contributed by atoms with Gasteiger partial charge in [0.1, 0.15) is 0 Å². The number of rotatable bonds is 4. The Morgan fingerprint density at radius 3 is 2.91 bits per heavy atom. The van der Waals surface area contributed by atoms with Crippen LogP contribution < -0.4 is 5.73 Å². The lowest BCUT2D eigenvalue weighted by Gasteiger charge is -2.27. The third kappa shape index (κ3) is 3.24. The maximum absolute atomic E-state index is 11.4. The molecule has 120 valence electrons. The molecule has 5 nitrogen and oxygen atoms in total. The lowest BCUT2D eigenvalue weighted by Crippen LogP contribution is -2.30. The van der Waals surface area contributed by atoms with E-state index in [1.807, 2.05) is 12.1 Å². The normalized spacial score (nSPS) is 18.5. The first-order valence-corrected chi connectivity index (χ1v) is 8.05. The Kier molecular flexibility index (Phi) is 4.39. The van der Waals surface area contributed by atoms with Gasteiger partial charge in [-0.05, 0) is 51.4 Å². The zero-order valence-corrected chi connectivity index (χ0v) is 13.6. The number of likely N-dealkylation sites (tertiary alicyclic amines) is 1. The van der Waals surface area contributed by atoms with Crippen LogP contribution in [0.4, 0.5) is 0 Å². The monoisotopic (exact) mass is 310 g/mol.